The highest BCUT2D eigenvalue weighted by Crippen LogP contribution is 2.39. The minimum Gasteiger partial charge on any atom is -0.508 e. The molecule has 0 saturated carbocycles. The van der Waals surface area contributed by atoms with Crippen molar-refractivity contribution in [2.45, 2.75) is 0 Å². The molecule has 3 N–H and O–H groups in total. The zero-order chi connectivity index (χ0) is 10.4. The van der Waals surface area contributed by atoms with E-state index in [1.165, 1.54) is 4.70 Å². The van der Waals surface area contributed by atoms with Crippen molar-refractivity contribution in [2.75, 3.05) is 5.73 Å². The molecule has 0 atom stereocenters. The molecule has 3 rings (SSSR count). The Balaban J connectivity index is 2.61. The molecule has 0 radical (unpaired) electrons. The summed E-state index contributed by atoms with van der Waals surface area (Å²) < 4.78 is 2.23. The number of hydrogen-bond donors (Lipinski definition) is 2. The molecular formula is C12H9NOS. The molecule has 2 nitrogen and oxygen atoms in total. The van der Waals surface area contributed by atoms with Gasteiger partial charge in [-0.15, -0.1) is 11.3 Å². The number of phenols is 1. The van der Waals surface area contributed by atoms with Crippen molar-refractivity contribution >= 4 is 37.2 Å². The number of nitrogens with two attached hydrogens (primary N) is 1. The van der Waals surface area contributed by atoms with E-state index in [9.17, 15) is 5.11 Å². The van der Waals surface area contributed by atoms with Crippen LogP contribution in [0.25, 0.3) is 20.2 Å². The quantitative estimate of drug-likeness (QED) is 0.565. The molecule has 1 aromatic heterocycles. The molecule has 3 heteroatoms. The number of aromatic hydroxyl groups is 1. The van der Waals surface area contributed by atoms with Crippen LogP contribution in [0.15, 0.2) is 36.4 Å². The molecule has 74 valence electrons. The van der Waals surface area contributed by atoms with Gasteiger partial charge in [-0.05, 0) is 12.1 Å². The van der Waals surface area contributed by atoms with E-state index in [0.717, 1.165) is 15.5 Å². The minimum atomic E-state index is 0.228. The highest BCUT2D eigenvalue weighted by Gasteiger charge is 2.08. The lowest BCUT2D eigenvalue weighted by molar-refractivity contribution is 0.476. The third kappa shape index (κ3) is 1.17. The molecule has 0 fully saturated rings. The number of phenolic OH excluding ortho intramolecular Hbond substituents is 1. The first-order valence-corrected chi connectivity index (χ1v) is 5.47. The molecule has 0 spiro atoms. The van der Waals surface area contributed by atoms with Gasteiger partial charge in [-0.3, -0.25) is 0 Å². The molecule has 0 saturated heterocycles. The molecule has 0 aliphatic heterocycles. The fraction of sp³-hybridized carbons (Fsp3) is 0. The average molecular weight is 215 g/mol. The SMILES string of the molecule is Nc1cc(O)cc2sc3ccccc3c12. The van der Waals surface area contributed by atoms with Gasteiger partial charge in [0.05, 0.1) is 0 Å². The van der Waals surface area contributed by atoms with Gasteiger partial charge in [0, 0.05) is 31.9 Å². The Hall–Kier alpha value is -1.74. The summed E-state index contributed by atoms with van der Waals surface area (Å²) >= 11 is 1.65. The molecule has 0 aliphatic rings. The molecule has 0 aliphatic carbocycles. The second-order valence-electron chi connectivity index (χ2n) is 3.51. The van der Waals surface area contributed by atoms with Crippen LogP contribution in [-0.4, -0.2) is 5.11 Å². The number of thiophene rings is 1. The number of anilines is 1. The Labute approximate surface area is 90.6 Å². The summed E-state index contributed by atoms with van der Waals surface area (Å²) in [6.07, 6.45) is 0. The molecule has 0 bridgehead atoms. The molecule has 2 aromatic carbocycles. The second kappa shape index (κ2) is 2.87. The topological polar surface area (TPSA) is 46.2 Å². The Morgan fingerprint density at radius 1 is 1.07 bits per heavy atom. The number of nitrogen functional groups attached to an aromatic ring is 1. The van der Waals surface area contributed by atoms with Gasteiger partial charge in [-0.25, -0.2) is 0 Å². The summed E-state index contributed by atoms with van der Waals surface area (Å²) in [5.74, 6) is 0.228. The smallest absolute Gasteiger partial charge is 0.119 e. The van der Waals surface area contributed by atoms with E-state index < -0.39 is 0 Å². The highest BCUT2D eigenvalue weighted by molar-refractivity contribution is 7.26. The normalized spacial score (nSPS) is 11.2. The fourth-order valence-electron chi connectivity index (χ4n) is 1.87. The summed E-state index contributed by atoms with van der Waals surface area (Å²) in [6.45, 7) is 0. The predicted octanol–water partition coefficient (Wildman–Crippen LogP) is 3.34. The van der Waals surface area contributed by atoms with E-state index >= 15 is 0 Å². The molecule has 1 heterocycles. The Bertz CT molecular complexity index is 657. The van der Waals surface area contributed by atoms with E-state index in [4.69, 9.17) is 5.73 Å². The van der Waals surface area contributed by atoms with Crippen LogP contribution in [0.1, 0.15) is 0 Å². The molecule has 3 aromatic rings. The van der Waals surface area contributed by atoms with Crippen molar-refractivity contribution in [3.05, 3.63) is 36.4 Å². The molecule has 0 amide bonds. The van der Waals surface area contributed by atoms with Gasteiger partial charge < -0.3 is 10.8 Å². The Kier molecular flexibility index (Phi) is 1.64. The Morgan fingerprint density at radius 2 is 1.87 bits per heavy atom. The summed E-state index contributed by atoms with van der Waals surface area (Å²) in [7, 11) is 0. The first kappa shape index (κ1) is 8.56. The Morgan fingerprint density at radius 3 is 2.73 bits per heavy atom. The van der Waals surface area contributed by atoms with Crippen LogP contribution < -0.4 is 5.73 Å². The van der Waals surface area contributed by atoms with Gasteiger partial charge in [0.2, 0.25) is 0 Å². The van der Waals surface area contributed by atoms with Gasteiger partial charge in [-0.2, -0.15) is 0 Å². The van der Waals surface area contributed by atoms with Gasteiger partial charge in [0.15, 0.2) is 0 Å². The van der Waals surface area contributed by atoms with Crippen LogP contribution in [0.3, 0.4) is 0 Å². The molecule has 15 heavy (non-hydrogen) atoms. The van der Waals surface area contributed by atoms with E-state index in [0.29, 0.717) is 5.69 Å². The maximum Gasteiger partial charge on any atom is 0.119 e. The van der Waals surface area contributed by atoms with Crippen LogP contribution >= 0.6 is 11.3 Å². The van der Waals surface area contributed by atoms with Crippen LogP contribution in [0.4, 0.5) is 5.69 Å². The first-order valence-electron chi connectivity index (χ1n) is 4.65. The van der Waals surface area contributed by atoms with Crippen molar-refractivity contribution in [1.82, 2.24) is 0 Å². The van der Waals surface area contributed by atoms with Gasteiger partial charge in [0.25, 0.3) is 0 Å². The van der Waals surface area contributed by atoms with E-state index in [1.807, 2.05) is 12.1 Å². The number of hydrogen-bond acceptors (Lipinski definition) is 3. The van der Waals surface area contributed by atoms with Crippen molar-refractivity contribution in [3.8, 4) is 5.75 Å². The number of rotatable bonds is 0. The summed E-state index contributed by atoms with van der Waals surface area (Å²) in [5.41, 5.74) is 6.56. The summed E-state index contributed by atoms with van der Waals surface area (Å²) in [4.78, 5) is 0. The van der Waals surface area contributed by atoms with Crippen molar-refractivity contribution < 1.29 is 5.11 Å². The zero-order valence-corrected chi connectivity index (χ0v) is 8.71. The minimum absolute atomic E-state index is 0.228. The van der Waals surface area contributed by atoms with E-state index in [-0.39, 0.29) is 5.75 Å². The first-order chi connectivity index (χ1) is 7.25. The summed E-state index contributed by atoms with van der Waals surface area (Å²) in [6, 6.07) is 11.5. The second-order valence-corrected chi connectivity index (χ2v) is 4.59. The van der Waals surface area contributed by atoms with Crippen LogP contribution in [-0.2, 0) is 0 Å². The number of benzene rings is 2. The zero-order valence-electron chi connectivity index (χ0n) is 7.90. The predicted molar refractivity (Wildman–Crippen MR) is 65.4 cm³/mol. The van der Waals surface area contributed by atoms with Crippen molar-refractivity contribution in [1.29, 1.82) is 0 Å². The maximum absolute atomic E-state index is 9.46. The third-order valence-corrected chi connectivity index (χ3v) is 3.61. The highest BCUT2D eigenvalue weighted by atomic mass is 32.1. The van der Waals surface area contributed by atoms with Crippen LogP contribution in [0.5, 0.6) is 5.75 Å². The van der Waals surface area contributed by atoms with Gasteiger partial charge in [-0.1, -0.05) is 18.2 Å². The van der Waals surface area contributed by atoms with Crippen LogP contribution in [0.2, 0.25) is 0 Å². The van der Waals surface area contributed by atoms with E-state index in [1.54, 1.807) is 23.5 Å². The average Bonchev–Trinajstić information content (AvgIpc) is 2.54. The van der Waals surface area contributed by atoms with Gasteiger partial charge >= 0.3 is 0 Å². The lowest BCUT2D eigenvalue weighted by Gasteiger charge is -1.98. The number of fused-ring (bicyclic) bond motifs is 3. The lowest BCUT2D eigenvalue weighted by atomic mass is 10.1. The van der Waals surface area contributed by atoms with Gasteiger partial charge in [0.1, 0.15) is 5.75 Å². The maximum atomic E-state index is 9.46. The third-order valence-electron chi connectivity index (χ3n) is 2.49. The molecular weight excluding hydrogens is 206 g/mol. The van der Waals surface area contributed by atoms with Crippen molar-refractivity contribution in [2.24, 2.45) is 0 Å². The largest absolute Gasteiger partial charge is 0.508 e. The van der Waals surface area contributed by atoms with Crippen molar-refractivity contribution in [3.63, 3.8) is 0 Å². The lowest BCUT2D eigenvalue weighted by Crippen LogP contribution is -1.84. The van der Waals surface area contributed by atoms with Crippen LogP contribution in [0, 0.1) is 0 Å². The van der Waals surface area contributed by atoms with E-state index in [2.05, 4.69) is 12.1 Å². The fourth-order valence-corrected chi connectivity index (χ4v) is 3.04. The molecule has 0 unspecified atom stereocenters. The standard InChI is InChI=1S/C12H9NOS/c13-9-5-7(14)6-11-12(9)8-3-1-2-4-10(8)15-11/h1-6,14H,13H2. The monoisotopic (exact) mass is 215 g/mol. The summed E-state index contributed by atoms with van der Waals surface area (Å²) in [5, 5.41) is 11.7.